The first-order valence-corrected chi connectivity index (χ1v) is 11.2. The number of benzene rings is 3. The molecule has 1 aliphatic rings. The molecule has 0 spiro atoms. The molecule has 166 valence electrons. The van der Waals surface area contributed by atoms with Crippen molar-refractivity contribution in [1.29, 1.82) is 0 Å². The summed E-state index contributed by atoms with van der Waals surface area (Å²) in [5.41, 5.74) is 1.75. The van der Waals surface area contributed by atoms with Gasteiger partial charge in [-0.3, -0.25) is 4.79 Å². The molecule has 1 unspecified atom stereocenters. The van der Waals surface area contributed by atoms with E-state index >= 15 is 0 Å². The van der Waals surface area contributed by atoms with Gasteiger partial charge in [0.25, 0.3) is 5.91 Å². The maximum Gasteiger partial charge on any atom is 0.258 e. The molecule has 5 heteroatoms. The number of nitrogens with one attached hydrogen (secondary N) is 1. The summed E-state index contributed by atoms with van der Waals surface area (Å²) >= 11 is 0. The van der Waals surface area contributed by atoms with Crippen LogP contribution >= 0.6 is 0 Å². The summed E-state index contributed by atoms with van der Waals surface area (Å²) in [6.07, 6.45) is 1.94. The molecule has 3 aromatic carbocycles. The summed E-state index contributed by atoms with van der Waals surface area (Å²) in [7, 11) is 0. The van der Waals surface area contributed by atoms with Gasteiger partial charge in [-0.25, -0.2) is 0 Å². The van der Waals surface area contributed by atoms with Crippen molar-refractivity contribution in [3.8, 4) is 11.5 Å². The Morgan fingerprint density at radius 1 is 0.875 bits per heavy atom. The molecule has 4 rings (SSSR count). The van der Waals surface area contributed by atoms with Gasteiger partial charge >= 0.3 is 0 Å². The van der Waals surface area contributed by atoms with Gasteiger partial charge in [0.2, 0.25) is 0 Å². The van der Waals surface area contributed by atoms with Gasteiger partial charge in [-0.2, -0.15) is 0 Å². The van der Waals surface area contributed by atoms with Crippen molar-refractivity contribution in [1.82, 2.24) is 4.90 Å². The van der Waals surface area contributed by atoms with Crippen molar-refractivity contribution in [3.63, 3.8) is 0 Å². The molecule has 3 aromatic rings. The van der Waals surface area contributed by atoms with Crippen molar-refractivity contribution >= 4 is 11.6 Å². The van der Waals surface area contributed by atoms with Crippen LogP contribution in [0, 0.1) is 0 Å². The van der Waals surface area contributed by atoms with Crippen LogP contribution in [0.2, 0.25) is 0 Å². The Kier molecular flexibility index (Phi) is 6.64. The fourth-order valence-corrected chi connectivity index (χ4v) is 4.13. The molecule has 5 nitrogen and oxygen atoms in total. The van der Waals surface area contributed by atoms with Gasteiger partial charge in [-0.15, -0.1) is 0 Å². The summed E-state index contributed by atoms with van der Waals surface area (Å²) in [5, 5.41) is 3.63. The van der Waals surface area contributed by atoms with Crippen LogP contribution in [0.25, 0.3) is 0 Å². The molecular weight excluding hydrogens is 400 g/mol. The lowest BCUT2D eigenvalue weighted by molar-refractivity contribution is 0.0524. The van der Waals surface area contributed by atoms with Crippen LogP contribution in [0.3, 0.4) is 0 Å². The molecule has 0 saturated heterocycles. The molecule has 32 heavy (non-hydrogen) atoms. The first-order valence-electron chi connectivity index (χ1n) is 11.2. The molecule has 0 fully saturated rings. The second-order valence-electron chi connectivity index (χ2n) is 8.06. The third kappa shape index (κ3) is 4.42. The number of rotatable bonds is 9. The van der Waals surface area contributed by atoms with E-state index in [-0.39, 0.29) is 5.91 Å². The van der Waals surface area contributed by atoms with Crippen LogP contribution in [0.5, 0.6) is 11.5 Å². The summed E-state index contributed by atoms with van der Waals surface area (Å²) in [6, 6.07) is 25.3. The van der Waals surface area contributed by atoms with E-state index in [2.05, 4.69) is 19.2 Å². The molecule has 0 aliphatic carbocycles. The number of fused-ring (bicyclic) bond motifs is 1. The Bertz CT molecular complexity index is 1050. The smallest absolute Gasteiger partial charge is 0.258 e. The van der Waals surface area contributed by atoms with E-state index in [4.69, 9.17) is 9.47 Å². The van der Waals surface area contributed by atoms with Crippen molar-refractivity contribution in [2.45, 2.75) is 32.4 Å². The third-order valence-corrected chi connectivity index (χ3v) is 5.82. The Hall–Kier alpha value is -3.47. The summed E-state index contributed by atoms with van der Waals surface area (Å²) < 4.78 is 11.9. The van der Waals surface area contributed by atoms with E-state index < -0.39 is 5.66 Å². The van der Waals surface area contributed by atoms with Crippen LogP contribution in [-0.4, -0.2) is 30.6 Å². The Balaban J connectivity index is 1.58. The minimum atomic E-state index is -0.725. The minimum Gasteiger partial charge on any atom is -0.490 e. The highest BCUT2D eigenvalue weighted by atomic mass is 16.5. The van der Waals surface area contributed by atoms with E-state index in [1.165, 1.54) is 0 Å². The number of unbranched alkanes of at least 4 members (excludes halogenated alkanes) is 1. The van der Waals surface area contributed by atoms with E-state index in [1.807, 2.05) is 83.8 Å². The molecule has 0 bridgehead atoms. The zero-order chi connectivity index (χ0) is 22.4. The first-order chi connectivity index (χ1) is 15.6. The number of carbonyl (C=O) groups is 1. The Labute approximate surface area is 190 Å². The quantitative estimate of drug-likeness (QED) is 0.444. The van der Waals surface area contributed by atoms with Gasteiger partial charge in [0, 0.05) is 17.8 Å². The van der Waals surface area contributed by atoms with Gasteiger partial charge in [-0.05, 0) is 43.7 Å². The van der Waals surface area contributed by atoms with E-state index in [0.717, 1.165) is 35.6 Å². The molecule has 0 aromatic heterocycles. The molecule has 0 saturated carbocycles. The molecule has 1 heterocycles. The number of hydrogen-bond donors (Lipinski definition) is 1. The summed E-state index contributed by atoms with van der Waals surface area (Å²) in [6.45, 7) is 5.69. The molecule has 1 aliphatic heterocycles. The normalized spacial score (nSPS) is 17.4. The number of carbonyl (C=O) groups excluding carboxylic acids is 1. The van der Waals surface area contributed by atoms with Crippen molar-refractivity contribution in [2.75, 3.05) is 25.1 Å². The minimum absolute atomic E-state index is 0.0394. The highest BCUT2D eigenvalue weighted by molar-refractivity contribution is 6.02. The average Bonchev–Trinajstić information content (AvgIpc) is 2.83. The monoisotopic (exact) mass is 430 g/mol. The van der Waals surface area contributed by atoms with Gasteiger partial charge < -0.3 is 19.7 Å². The number of hydrogen-bond acceptors (Lipinski definition) is 4. The van der Waals surface area contributed by atoms with Crippen molar-refractivity contribution < 1.29 is 14.3 Å². The lowest BCUT2D eigenvalue weighted by Gasteiger charge is -2.47. The first kappa shape index (κ1) is 21.8. The lowest BCUT2D eigenvalue weighted by atomic mass is 9.92. The number of amides is 1. The topological polar surface area (TPSA) is 50.8 Å². The standard InChI is InChI=1S/C27H30N2O3/c1-3-4-18-29-26(30)22-14-8-10-16-24(22)28-27(29,2)23-15-9-11-17-25(23)32-20-19-31-21-12-6-5-7-13-21/h5-17,28H,3-4,18-20H2,1-2H3. The largest absolute Gasteiger partial charge is 0.490 e. The van der Waals surface area contributed by atoms with E-state index in [0.29, 0.717) is 25.3 Å². The Morgan fingerprint density at radius 3 is 2.38 bits per heavy atom. The third-order valence-electron chi connectivity index (χ3n) is 5.82. The second kappa shape index (κ2) is 9.77. The average molecular weight is 431 g/mol. The molecule has 1 amide bonds. The predicted molar refractivity (Wildman–Crippen MR) is 127 cm³/mol. The fourth-order valence-electron chi connectivity index (χ4n) is 4.13. The van der Waals surface area contributed by atoms with Gasteiger partial charge in [-0.1, -0.05) is 61.9 Å². The molecule has 0 radical (unpaired) electrons. The van der Waals surface area contributed by atoms with Crippen LogP contribution in [0.1, 0.15) is 42.6 Å². The number of para-hydroxylation sites is 3. The van der Waals surface area contributed by atoms with Gasteiger partial charge in [0.15, 0.2) is 0 Å². The van der Waals surface area contributed by atoms with Crippen LogP contribution in [-0.2, 0) is 5.66 Å². The maximum absolute atomic E-state index is 13.5. The zero-order valence-corrected chi connectivity index (χ0v) is 18.7. The summed E-state index contributed by atoms with van der Waals surface area (Å²) in [5.74, 6) is 1.60. The van der Waals surface area contributed by atoms with Crippen molar-refractivity contribution in [2.24, 2.45) is 0 Å². The van der Waals surface area contributed by atoms with Crippen molar-refractivity contribution in [3.05, 3.63) is 90.0 Å². The highest BCUT2D eigenvalue weighted by Crippen LogP contribution is 2.41. The van der Waals surface area contributed by atoms with Gasteiger partial charge in [0.05, 0.1) is 5.56 Å². The van der Waals surface area contributed by atoms with Gasteiger partial charge in [0.1, 0.15) is 30.4 Å². The molecule has 1 atom stereocenters. The number of ether oxygens (including phenoxy) is 2. The SMILES string of the molecule is CCCCN1C(=O)c2ccccc2NC1(C)c1ccccc1OCCOc1ccccc1. The van der Waals surface area contributed by atoms with Crippen LogP contribution in [0.4, 0.5) is 5.69 Å². The summed E-state index contributed by atoms with van der Waals surface area (Å²) in [4.78, 5) is 15.4. The maximum atomic E-state index is 13.5. The molecular formula is C27H30N2O3. The number of nitrogens with zero attached hydrogens (tertiary/aromatic N) is 1. The fraction of sp³-hybridized carbons (Fsp3) is 0.296. The highest BCUT2D eigenvalue weighted by Gasteiger charge is 2.43. The van der Waals surface area contributed by atoms with E-state index in [1.54, 1.807) is 0 Å². The van der Waals surface area contributed by atoms with E-state index in [9.17, 15) is 4.79 Å². The lowest BCUT2D eigenvalue weighted by Crippen LogP contribution is -2.56. The zero-order valence-electron chi connectivity index (χ0n) is 18.7. The predicted octanol–water partition coefficient (Wildman–Crippen LogP) is 5.69. The number of anilines is 1. The molecule has 1 N–H and O–H groups in total. The Morgan fingerprint density at radius 2 is 1.56 bits per heavy atom. The van der Waals surface area contributed by atoms with Crippen LogP contribution < -0.4 is 14.8 Å². The van der Waals surface area contributed by atoms with Crippen LogP contribution in [0.15, 0.2) is 78.9 Å². The second-order valence-corrected chi connectivity index (χ2v) is 8.06.